The zero-order chi connectivity index (χ0) is 21.1. The smallest absolute Gasteiger partial charge is 0.211 e. The molecule has 0 radical (unpaired) electrons. The molecule has 156 valence electrons. The molecule has 0 atom stereocenters. The molecule has 2 N–H and O–H groups in total. The van der Waals surface area contributed by atoms with Gasteiger partial charge in [-0.1, -0.05) is 0 Å². The summed E-state index contributed by atoms with van der Waals surface area (Å²) in [4.78, 5) is 24.1. The van der Waals surface area contributed by atoms with Gasteiger partial charge in [-0.3, -0.25) is 9.48 Å². The van der Waals surface area contributed by atoms with E-state index in [9.17, 15) is 9.18 Å². The van der Waals surface area contributed by atoms with Gasteiger partial charge >= 0.3 is 0 Å². The zero-order valence-electron chi connectivity index (χ0n) is 16.7. The number of aryl methyl sites for hydroxylation is 1. The fourth-order valence-corrected chi connectivity index (χ4v) is 3.44. The van der Waals surface area contributed by atoms with Crippen molar-refractivity contribution in [2.24, 2.45) is 12.8 Å². The Bertz CT molecular complexity index is 1040. The summed E-state index contributed by atoms with van der Waals surface area (Å²) in [7, 11) is 1.70. The largest absolute Gasteiger partial charge is 0.378 e. The summed E-state index contributed by atoms with van der Waals surface area (Å²) in [5.74, 6) is 0.213. The van der Waals surface area contributed by atoms with Gasteiger partial charge in [0.1, 0.15) is 11.5 Å². The third kappa shape index (κ3) is 4.07. The summed E-state index contributed by atoms with van der Waals surface area (Å²) in [6, 6.07) is 5.77. The van der Waals surface area contributed by atoms with E-state index in [1.807, 2.05) is 0 Å². The Kier molecular flexibility index (Phi) is 5.82. The van der Waals surface area contributed by atoms with E-state index < -0.39 is 5.82 Å². The lowest BCUT2D eigenvalue weighted by Gasteiger charge is -2.26. The Labute approximate surface area is 173 Å². The van der Waals surface area contributed by atoms with Crippen molar-refractivity contribution in [3.8, 4) is 11.4 Å². The summed E-state index contributed by atoms with van der Waals surface area (Å²) in [5, 5.41) is 4.47. The maximum atomic E-state index is 14.0. The van der Waals surface area contributed by atoms with Crippen molar-refractivity contribution in [1.29, 1.82) is 0 Å². The molecule has 4 rings (SSSR count). The Morgan fingerprint density at radius 3 is 2.63 bits per heavy atom. The Balaban J connectivity index is 1.69. The van der Waals surface area contributed by atoms with Gasteiger partial charge in [-0.25, -0.2) is 14.4 Å². The van der Waals surface area contributed by atoms with E-state index in [2.05, 4.69) is 20.0 Å². The number of ether oxygens (including phenoxy) is 1. The first-order valence-corrected chi connectivity index (χ1v) is 9.79. The Hall–Kier alpha value is -3.17. The molecule has 0 amide bonds. The number of halogens is 1. The van der Waals surface area contributed by atoms with Crippen molar-refractivity contribution >= 4 is 11.6 Å². The van der Waals surface area contributed by atoms with Crippen molar-refractivity contribution in [2.45, 2.75) is 6.42 Å². The van der Waals surface area contributed by atoms with Gasteiger partial charge in [0.05, 0.1) is 13.2 Å². The number of carbonyl (C=O) groups is 1. The first kappa shape index (κ1) is 20.1. The van der Waals surface area contributed by atoms with Crippen LogP contribution in [0.5, 0.6) is 0 Å². The SMILES string of the molecule is Cn1nc(N2CCOCC2)cc1C(=O)c1cc(F)ccc1-c1ncc(CCN)cn1. The van der Waals surface area contributed by atoms with Crippen LogP contribution >= 0.6 is 0 Å². The van der Waals surface area contributed by atoms with Gasteiger partial charge < -0.3 is 15.4 Å². The standard InChI is InChI=1S/C21H23FN6O2/c1-27-18(11-19(26-27)28-6-8-30-9-7-28)20(29)17-10-15(22)2-3-16(17)21-24-12-14(4-5-23)13-25-21/h2-3,10-13H,4-9,23H2,1H3. The molecule has 0 bridgehead atoms. The highest BCUT2D eigenvalue weighted by atomic mass is 19.1. The first-order valence-electron chi connectivity index (χ1n) is 9.79. The second kappa shape index (κ2) is 8.68. The van der Waals surface area contributed by atoms with Crippen LogP contribution in [0.25, 0.3) is 11.4 Å². The minimum absolute atomic E-state index is 0.193. The van der Waals surface area contributed by atoms with Gasteiger partial charge in [0.2, 0.25) is 5.78 Å². The molecule has 0 saturated carbocycles. The third-order valence-corrected chi connectivity index (χ3v) is 5.04. The summed E-state index contributed by atoms with van der Waals surface area (Å²) >= 11 is 0. The van der Waals surface area contributed by atoms with Gasteiger partial charge in [-0.05, 0) is 36.7 Å². The van der Waals surface area contributed by atoms with Crippen LogP contribution in [-0.2, 0) is 18.2 Å². The number of carbonyl (C=O) groups excluding carboxylic acids is 1. The predicted octanol–water partition coefficient (Wildman–Crippen LogP) is 1.58. The monoisotopic (exact) mass is 410 g/mol. The Morgan fingerprint density at radius 1 is 1.20 bits per heavy atom. The minimum Gasteiger partial charge on any atom is -0.378 e. The van der Waals surface area contributed by atoms with Crippen LogP contribution in [-0.4, -0.2) is 58.4 Å². The summed E-state index contributed by atoms with van der Waals surface area (Å²) in [5.41, 5.74) is 7.49. The number of hydrogen-bond donors (Lipinski definition) is 1. The predicted molar refractivity (Wildman–Crippen MR) is 110 cm³/mol. The number of aromatic nitrogens is 4. The van der Waals surface area contributed by atoms with Crippen LogP contribution in [0.2, 0.25) is 0 Å². The molecule has 8 nitrogen and oxygen atoms in total. The number of ketones is 1. The molecule has 1 aliphatic heterocycles. The number of hydrogen-bond acceptors (Lipinski definition) is 7. The molecule has 0 spiro atoms. The number of anilines is 1. The second-order valence-electron chi connectivity index (χ2n) is 7.08. The van der Waals surface area contributed by atoms with Gasteiger partial charge in [0, 0.05) is 49.7 Å². The van der Waals surface area contributed by atoms with Crippen molar-refractivity contribution < 1.29 is 13.9 Å². The fraction of sp³-hybridized carbons (Fsp3) is 0.333. The fourth-order valence-electron chi connectivity index (χ4n) is 3.44. The van der Waals surface area contributed by atoms with E-state index in [0.29, 0.717) is 62.2 Å². The first-order chi connectivity index (χ1) is 14.6. The van der Waals surface area contributed by atoms with Crippen LogP contribution < -0.4 is 10.6 Å². The van der Waals surface area contributed by atoms with Crippen molar-refractivity contribution in [3.63, 3.8) is 0 Å². The molecule has 1 saturated heterocycles. The van der Waals surface area contributed by atoms with E-state index in [1.165, 1.54) is 22.9 Å². The second-order valence-corrected chi connectivity index (χ2v) is 7.08. The highest BCUT2D eigenvalue weighted by molar-refractivity contribution is 6.11. The normalized spacial score (nSPS) is 14.2. The molecule has 1 fully saturated rings. The number of rotatable bonds is 6. The van der Waals surface area contributed by atoms with Gasteiger partial charge in [-0.2, -0.15) is 5.10 Å². The molecular formula is C21H23FN6O2. The Morgan fingerprint density at radius 2 is 1.93 bits per heavy atom. The van der Waals surface area contributed by atoms with Crippen LogP contribution in [0, 0.1) is 5.82 Å². The van der Waals surface area contributed by atoms with Crippen LogP contribution in [0.15, 0.2) is 36.7 Å². The summed E-state index contributed by atoms with van der Waals surface area (Å²) < 4.78 is 20.9. The van der Waals surface area contributed by atoms with Crippen molar-refractivity contribution in [3.05, 3.63) is 59.3 Å². The number of nitrogens with zero attached hydrogens (tertiary/aromatic N) is 5. The maximum Gasteiger partial charge on any atom is 0.211 e. The van der Waals surface area contributed by atoms with Gasteiger partial charge in [-0.15, -0.1) is 0 Å². The van der Waals surface area contributed by atoms with E-state index >= 15 is 0 Å². The molecule has 1 aliphatic rings. The van der Waals surface area contributed by atoms with Crippen LogP contribution in [0.1, 0.15) is 21.6 Å². The lowest BCUT2D eigenvalue weighted by molar-refractivity contribution is 0.103. The molecule has 1 aromatic carbocycles. The average Bonchev–Trinajstić information content (AvgIpc) is 3.16. The lowest BCUT2D eigenvalue weighted by atomic mass is 10.0. The molecular weight excluding hydrogens is 387 g/mol. The summed E-state index contributed by atoms with van der Waals surface area (Å²) in [6.45, 7) is 3.14. The van der Waals surface area contributed by atoms with E-state index in [4.69, 9.17) is 10.5 Å². The quantitative estimate of drug-likeness (QED) is 0.616. The highest BCUT2D eigenvalue weighted by Crippen LogP contribution is 2.26. The number of nitrogens with two attached hydrogens (primary N) is 1. The molecule has 9 heteroatoms. The molecule has 0 aliphatic carbocycles. The molecule has 3 aromatic rings. The average molecular weight is 410 g/mol. The van der Waals surface area contributed by atoms with Gasteiger partial charge in [0.15, 0.2) is 11.6 Å². The van der Waals surface area contributed by atoms with E-state index in [0.717, 1.165) is 5.56 Å². The van der Waals surface area contributed by atoms with Crippen molar-refractivity contribution in [1.82, 2.24) is 19.7 Å². The topological polar surface area (TPSA) is 99.2 Å². The molecule has 3 heterocycles. The number of morpholine rings is 1. The molecule has 0 unspecified atom stereocenters. The lowest BCUT2D eigenvalue weighted by Crippen LogP contribution is -2.36. The molecule has 30 heavy (non-hydrogen) atoms. The number of benzene rings is 1. The highest BCUT2D eigenvalue weighted by Gasteiger charge is 2.23. The maximum absolute atomic E-state index is 14.0. The summed E-state index contributed by atoms with van der Waals surface area (Å²) in [6.07, 6.45) is 4.01. The third-order valence-electron chi connectivity index (χ3n) is 5.04. The van der Waals surface area contributed by atoms with Crippen LogP contribution in [0.4, 0.5) is 10.2 Å². The molecule has 2 aromatic heterocycles. The van der Waals surface area contributed by atoms with Crippen LogP contribution in [0.3, 0.4) is 0 Å². The zero-order valence-corrected chi connectivity index (χ0v) is 16.7. The van der Waals surface area contributed by atoms with Gasteiger partial charge in [0.25, 0.3) is 0 Å². The van der Waals surface area contributed by atoms with E-state index in [1.54, 1.807) is 25.5 Å². The minimum atomic E-state index is -0.502. The van der Waals surface area contributed by atoms with Crippen molar-refractivity contribution in [2.75, 3.05) is 37.7 Å². The van der Waals surface area contributed by atoms with E-state index in [-0.39, 0.29) is 11.3 Å².